The first-order chi connectivity index (χ1) is 13.6. The summed E-state index contributed by atoms with van der Waals surface area (Å²) in [5.41, 5.74) is 0.647. The highest BCUT2D eigenvalue weighted by molar-refractivity contribution is 7.92. The van der Waals surface area contributed by atoms with E-state index in [0.29, 0.717) is 5.69 Å². The van der Waals surface area contributed by atoms with Crippen LogP contribution in [0.1, 0.15) is 23.2 Å². The summed E-state index contributed by atoms with van der Waals surface area (Å²) in [4.78, 5) is 13.8. The number of likely N-dealkylation sites (tertiary alicyclic amines) is 1. The van der Waals surface area contributed by atoms with Gasteiger partial charge in [-0.25, -0.2) is 8.42 Å². The zero-order valence-corrected chi connectivity index (χ0v) is 16.6. The van der Waals surface area contributed by atoms with Crippen LogP contribution in [0.4, 0.5) is 18.9 Å². The molecule has 1 atom stereocenters. The van der Waals surface area contributed by atoms with Gasteiger partial charge in [0.1, 0.15) is 0 Å². The molecule has 1 aliphatic heterocycles. The molecule has 0 N–H and O–H groups in total. The van der Waals surface area contributed by atoms with Gasteiger partial charge in [-0.3, -0.25) is 9.10 Å². The summed E-state index contributed by atoms with van der Waals surface area (Å²) < 4.78 is 65.6. The molecule has 0 radical (unpaired) electrons. The van der Waals surface area contributed by atoms with Crippen molar-refractivity contribution in [2.24, 2.45) is 5.92 Å². The number of rotatable bonds is 4. The summed E-state index contributed by atoms with van der Waals surface area (Å²) in [6, 6.07) is 13.8. The number of nitrogens with zero attached hydrogens (tertiary/aromatic N) is 2. The number of amides is 1. The molecule has 29 heavy (non-hydrogen) atoms. The number of carbonyl (C=O) groups excluding carboxylic acids is 1. The lowest BCUT2D eigenvalue weighted by molar-refractivity contribution is -0.184. The first-order valence-electron chi connectivity index (χ1n) is 9.11. The molecule has 0 saturated carbocycles. The van der Waals surface area contributed by atoms with Crippen molar-refractivity contribution in [3.8, 4) is 0 Å². The Balaban J connectivity index is 1.77. The first kappa shape index (κ1) is 21.2. The van der Waals surface area contributed by atoms with Gasteiger partial charge in [0.15, 0.2) is 0 Å². The number of anilines is 1. The van der Waals surface area contributed by atoms with E-state index in [1.807, 2.05) is 0 Å². The maximum absolute atomic E-state index is 13.0. The minimum absolute atomic E-state index is 0.00721. The van der Waals surface area contributed by atoms with Crippen LogP contribution in [0.5, 0.6) is 0 Å². The van der Waals surface area contributed by atoms with Gasteiger partial charge >= 0.3 is 6.18 Å². The Kier molecular flexibility index (Phi) is 5.88. The van der Waals surface area contributed by atoms with E-state index in [-0.39, 0.29) is 36.4 Å². The summed E-state index contributed by atoms with van der Waals surface area (Å²) >= 11 is 0. The van der Waals surface area contributed by atoms with Crippen LogP contribution in [0.25, 0.3) is 0 Å². The van der Waals surface area contributed by atoms with Gasteiger partial charge in [0.05, 0.1) is 16.5 Å². The maximum Gasteiger partial charge on any atom is 0.393 e. The van der Waals surface area contributed by atoms with Gasteiger partial charge in [-0.1, -0.05) is 18.2 Å². The van der Waals surface area contributed by atoms with Gasteiger partial charge in [-0.2, -0.15) is 13.2 Å². The smallest absolute Gasteiger partial charge is 0.338 e. The van der Waals surface area contributed by atoms with Gasteiger partial charge in [0.2, 0.25) is 0 Å². The number of benzene rings is 2. The molecule has 2 aromatic rings. The Morgan fingerprint density at radius 3 is 2.28 bits per heavy atom. The molecule has 5 nitrogen and oxygen atoms in total. The van der Waals surface area contributed by atoms with Gasteiger partial charge in [-0.05, 0) is 49.2 Å². The fourth-order valence-electron chi connectivity index (χ4n) is 3.32. The fraction of sp³-hybridized carbons (Fsp3) is 0.350. The molecule has 0 bridgehead atoms. The van der Waals surface area contributed by atoms with Crippen molar-refractivity contribution in [2.75, 3.05) is 24.4 Å². The monoisotopic (exact) mass is 426 g/mol. The molecular formula is C20H21F3N2O3S. The highest BCUT2D eigenvalue weighted by atomic mass is 32.2. The minimum Gasteiger partial charge on any atom is -0.338 e. The van der Waals surface area contributed by atoms with Crippen LogP contribution in [0.3, 0.4) is 0 Å². The largest absolute Gasteiger partial charge is 0.393 e. The Hall–Kier alpha value is -2.55. The van der Waals surface area contributed by atoms with Crippen molar-refractivity contribution in [1.29, 1.82) is 0 Å². The van der Waals surface area contributed by atoms with Crippen molar-refractivity contribution < 1.29 is 26.4 Å². The van der Waals surface area contributed by atoms with E-state index in [9.17, 15) is 26.4 Å². The van der Waals surface area contributed by atoms with Crippen molar-refractivity contribution in [1.82, 2.24) is 4.90 Å². The van der Waals surface area contributed by atoms with E-state index >= 15 is 0 Å². The van der Waals surface area contributed by atoms with E-state index in [2.05, 4.69) is 0 Å². The van der Waals surface area contributed by atoms with Crippen molar-refractivity contribution >= 4 is 21.6 Å². The molecule has 1 fully saturated rings. The molecule has 1 saturated heterocycles. The molecule has 1 heterocycles. The molecule has 3 rings (SSSR count). The molecule has 0 aromatic heterocycles. The predicted octanol–water partition coefficient (Wildman–Crippen LogP) is 3.93. The molecule has 0 unspecified atom stereocenters. The third kappa shape index (κ3) is 4.55. The number of piperidine rings is 1. The number of hydrogen-bond acceptors (Lipinski definition) is 3. The van der Waals surface area contributed by atoms with Gasteiger partial charge in [0, 0.05) is 25.7 Å². The second kappa shape index (κ2) is 8.06. The lowest BCUT2D eigenvalue weighted by atomic mass is 9.97. The van der Waals surface area contributed by atoms with Crippen LogP contribution in [-0.2, 0) is 10.0 Å². The maximum atomic E-state index is 13.0. The summed E-state index contributed by atoms with van der Waals surface area (Å²) in [6.45, 7) is -0.124. The SMILES string of the molecule is CN(c1ccccc1)S(=O)(=O)c1ccc(C(=O)N2CCC[C@H](C(F)(F)F)C2)cc1. The Bertz CT molecular complexity index is 961. The van der Waals surface area contributed by atoms with Crippen LogP contribution in [0, 0.1) is 5.92 Å². The van der Waals surface area contributed by atoms with Crippen molar-refractivity contribution in [3.63, 3.8) is 0 Å². The minimum atomic E-state index is -4.33. The average molecular weight is 426 g/mol. The van der Waals surface area contributed by atoms with Crippen molar-refractivity contribution in [2.45, 2.75) is 23.9 Å². The number of alkyl halides is 3. The second-order valence-electron chi connectivity index (χ2n) is 6.96. The highest BCUT2D eigenvalue weighted by Gasteiger charge is 2.42. The van der Waals surface area contributed by atoms with E-state index in [1.54, 1.807) is 30.3 Å². The summed E-state index contributed by atoms with van der Waals surface area (Å²) in [7, 11) is -2.40. The number of halogens is 3. The third-order valence-corrected chi connectivity index (χ3v) is 6.85. The second-order valence-corrected chi connectivity index (χ2v) is 8.93. The predicted molar refractivity (Wildman–Crippen MR) is 103 cm³/mol. The van der Waals surface area contributed by atoms with Crippen molar-refractivity contribution in [3.05, 3.63) is 60.2 Å². The van der Waals surface area contributed by atoms with Gasteiger partial charge < -0.3 is 4.90 Å². The van der Waals surface area contributed by atoms with Gasteiger partial charge in [-0.15, -0.1) is 0 Å². The molecule has 9 heteroatoms. The number of carbonyl (C=O) groups is 1. The quantitative estimate of drug-likeness (QED) is 0.745. The zero-order valence-electron chi connectivity index (χ0n) is 15.8. The molecule has 156 valence electrons. The number of hydrogen-bond donors (Lipinski definition) is 0. The number of para-hydroxylation sites is 1. The van der Waals surface area contributed by atoms with Crippen LogP contribution < -0.4 is 4.31 Å². The molecule has 1 amide bonds. The van der Waals surface area contributed by atoms with Crippen LogP contribution in [0.2, 0.25) is 0 Å². The molecular weight excluding hydrogens is 405 g/mol. The molecule has 0 spiro atoms. The Morgan fingerprint density at radius 2 is 1.69 bits per heavy atom. The van der Waals surface area contributed by atoms with Gasteiger partial charge in [0.25, 0.3) is 15.9 Å². The Labute approximate surface area is 167 Å². The summed E-state index contributed by atoms with van der Waals surface area (Å²) in [5.74, 6) is -2.06. The standard InChI is InChI=1S/C20H21F3N2O3S/c1-24(17-7-3-2-4-8-17)29(27,28)18-11-9-15(10-12-18)19(26)25-13-5-6-16(14-25)20(21,22)23/h2-4,7-12,16H,5-6,13-14H2,1H3/t16-/m0/s1. The molecule has 2 aromatic carbocycles. The summed E-state index contributed by atoms with van der Waals surface area (Å²) in [5, 5.41) is 0. The van der Waals surface area contributed by atoms with Crippen LogP contribution in [0.15, 0.2) is 59.5 Å². The lowest BCUT2D eigenvalue weighted by Gasteiger charge is -2.33. The fourth-order valence-corrected chi connectivity index (χ4v) is 4.51. The van der Waals surface area contributed by atoms with E-state index in [4.69, 9.17) is 0 Å². The van der Waals surface area contributed by atoms with Crippen LogP contribution in [-0.4, -0.2) is 45.5 Å². The van der Waals surface area contributed by atoms with E-state index in [1.165, 1.54) is 36.2 Å². The highest BCUT2D eigenvalue weighted by Crippen LogP contribution is 2.33. The molecule has 0 aliphatic carbocycles. The lowest BCUT2D eigenvalue weighted by Crippen LogP contribution is -2.44. The number of sulfonamides is 1. The Morgan fingerprint density at radius 1 is 1.07 bits per heavy atom. The van der Waals surface area contributed by atoms with Crippen LogP contribution >= 0.6 is 0 Å². The summed E-state index contributed by atoms with van der Waals surface area (Å²) in [6.07, 6.45) is -4.04. The average Bonchev–Trinajstić information content (AvgIpc) is 2.73. The molecule has 1 aliphatic rings. The van der Waals surface area contributed by atoms with E-state index < -0.39 is 28.0 Å². The van der Waals surface area contributed by atoms with E-state index in [0.717, 1.165) is 4.31 Å². The normalized spacial score (nSPS) is 17.8. The zero-order chi connectivity index (χ0) is 21.2. The topological polar surface area (TPSA) is 57.7 Å². The first-order valence-corrected chi connectivity index (χ1v) is 10.5. The third-order valence-electron chi connectivity index (χ3n) is 5.05.